The van der Waals surface area contributed by atoms with Gasteiger partial charge in [0.1, 0.15) is 29.6 Å². The minimum absolute atomic E-state index is 0.000224. The molecule has 47 heavy (non-hydrogen) atoms. The Hall–Kier alpha value is -4.64. The highest BCUT2D eigenvalue weighted by atomic mass is 35.5. The number of ether oxygens (including phenoxy) is 2. The number of hydrogen-bond donors (Lipinski definition) is 2. The first kappa shape index (κ1) is 33.7. The molecule has 0 radical (unpaired) electrons. The van der Waals surface area contributed by atoms with Crippen LogP contribution >= 0.6 is 11.6 Å². The first-order valence-electron chi connectivity index (χ1n) is 13.4. The largest absolute Gasteiger partial charge is 0.573 e. The van der Waals surface area contributed by atoms with E-state index in [0.29, 0.717) is 11.8 Å². The van der Waals surface area contributed by atoms with E-state index in [1.165, 1.54) is 52.2 Å². The standard InChI is InChI=1S/C29H24ClF6N5O5S/c1-40-12-17(27(42)38-20-6-18(30)7-21(9-20)39-47(2,43)44)5-24(40)26-25(10-22(11-37-26)41-14-28(32,33)15-41)45-13-16-3-19(31)8-23(4-16)46-29(34,35)36/h3-12,39H,13-15H2,1-2H3,(H,38,42). The highest BCUT2D eigenvalue weighted by molar-refractivity contribution is 7.92. The average molecular weight is 704 g/mol. The number of nitrogens with one attached hydrogen (secondary N) is 2. The number of anilines is 3. The van der Waals surface area contributed by atoms with Gasteiger partial charge in [0.25, 0.3) is 11.8 Å². The molecule has 1 aliphatic rings. The van der Waals surface area contributed by atoms with Gasteiger partial charge in [-0.05, 0) is 42.0 Å². The zero-order chi connectivity index (χ0) is 34.3. The first-order valence-corrected chi connectivity index (χ1v) is 15.7. The van der Waals surface area contributed by atoms with Crippen LogP contribution in [0.3, 0.4) is 0 Å². The predicted octanol–water partition coefficient (Wildman–Crippen LogP) is 6.44. The molecule has 2 aromatic carbocycles. The number of carbonyl (C=O) groups is 1. The molecule has 5 rings (SSSR count). The molecule has 1 fully saturated rings. The van der Waals surface area contributed by atoms with E-state index in [9.17, 15) is 39.6 Å². The Kier molecular flexibility index (Phi) is 8.98. The minimum atomic E-state index is -5.06. The Balaban J connectivity index is 1.43. The Morgan fingerprint density at radius 1 is 1.06 bits per heavy atom. The fourth-order valence-electron chi connectivity index (χ4n) is 4.72. The van der Waals surface area contributed by atoms with Crippen molar-refractivity contribution >= 4 is 44.6 Å². The molecule has 10 nitrogen and oxygen atoms in total. The van der Waals surface area contributed by atoms with Crippen molar-refractivity contribution in [3.8, 4) is 22.9 Å². The van der Waals surface area contributed by atoms with Crippen LogP contribution in [-0.4, -0.2) is 55.5 Å². The van der Waals surface area contributed by atoms with Gasteiger partial charge >= 0.3 is 6.36 Å². The molecule has 0 atom stereocenters. The van der Waals surface area contributed by atoms with Crippen LogP contribution in [0.4, 0.5) is 43.4 Å². The zero-order valence-corrected chi connectivity index (χ0v) is 25.9. The molecule has 0 spiro atoms. The fourth-order valence-corrected chi connectivity index (χ4v) is 5.51. The second-order valence-electron chi connectivity index (χ2n) is 10.7. The van der Waals surface area contributed by atoms with E-state index >= 15 is 0 Å². The van der Waals surface area contributed by atoms with Gasteiger partial charge in [-0.25, -0.2) is 26.6 Å². The highest BCUT2D eigenvalue weighted by Crippen LogP contribution is 2.38. The molecule has 0 unspecified atom stereocenters. The topological polar surface area (TPSA) is 115 Å². The zero-order valence-electron chi connectivity index (χ0n) is 24.3. The number of rotatable bonds is 10. The molecule has 0 aliphatic carbocycles. The number of halogens is 7. The number of benzene rings is 2. The highest BCUT2D eigenvalue weighted by Gasteiger charge is 2.44. The maximum absolute atomic E-state index is 14.1. The molecule has 1 aliphatic heterocycles. The predicted molar refractivity (Wildman–Crippen MR) is 161 cm³/mol. The van der Waals surface area contributed by atoms with Gasteiger partial charge < -0.3 is 24.3 Å². The van der Waals surface area contributed by atoms with Gasteiger partial charge in [-0.3, -0.25) is 9.52 Å². The Morgan fingerprint density at radius 3 is 2.43 bits per heavy atom. The number of nitrogens with zero attached hydrogens (tertiary/aromatic N) is 3. The second-order valence-corrected chi connectivity index (χ2v) is 12.9. The summed E-state index contributed by atoms with van der Waals surface area (Å²) in [6.45, 7) is -1.61. The van der Waals surface area contributed by atoms with Crippen molar-refractivity contribution in [2.75, 3.05) is 34.3 Å². The van der Waals surface area contributed by atoms with Gasteiger partial charge in [-0.1, -0.05) is 11.6 Å². The Morgan fingerprint density at radius 2 is 1.77 bits per heavy atom. The lowest BCUT2D eigenvalue weighted by Crippen LogP contribution is -2.56. The number of pyridine rings is 1. The van der Waals surface area contributed by atoms with E-state index in [4.69, 9.17) is 16.3 Å². The van der Waals surface area contributed by atoms with Gasteiger partial charge in [0.2, 0.25) is 10.0 Å². The number of hydrogen-bond acceptors (Lipinski definition) is 7. The summed E-state index contributed by atoms with van der Waals surface area (Å²) in [5.41, 5.74) is 1.10. The maximum Gasteiger partial charge on any atom is 0.573 e. The summed E-state index contributed by atoms with van der Waals surface area (Å²) in [7, 11) is -2.04. The summed E-state index contributed by atoms with van der Waals surface area (Å²) in [4.78, 5) is 18.9. The fraction of sp³-hybridized carbons (Fsp3) is 0.241. The molecule has 0 saturated carbocycles. The number of amides is 1. The summed E-state index contributed by atoms with van der Waals surface area (Å²) in [5, 5.41) is 2.77. The SMILES string of the molecule is Cn1cc(C(=O)Nc2cc(Cl)cc(NS(C)(=O)=O)c2)cc1-c1ncc(N2CC(F)(F)C2)cc1OCc1cc(F)cc(OC(F)(F)F)c1. The van der Waals surface area contributed by atoms with Gasteiger partial charge in [-0.2, -0.15) is 0 Å². The molecule has 0 bridgehead atoms. The van der Waals surface area contributed by atoms with Crippen LogP contribution in [0.5, 0.6) is 11.5 Å². The normalized spacial score (nSPS) is 14.4. The third-order valence-electron chi connectivity index (χ3n) is 6.58. The lowest BCUT2D eigenvalue weighted by Gasteiger charge is -2.40. The van der Waals surface area contributed by atoms with Crippen molar-refractivity contribution in [1.29, 1.82) is 0 Å². The van der Waals surface area contributed by atoms with Crippen molar-refractivity contribution in [3.05, 3.63) is 82.9 Å². The van der Waals surface area contributed by atoms with E-state index < -0.39 is 59.5 Å². The average Bonchev–Trinajstić information content (AvgIpc) is 3.29. The van der Waals surface area contributed by atoms with Gasteiger partial charge in [0.05, 0.1) is 48.2 Å². The van der Waals surface area contributed by atoms with Crippen LogP contribution in [0.15, 0.2) is 60.9 Å². The monoisotopic (exact) mass is 703 g/mol. The third-order valence-corrected chi connectivity index (χ3v) is 7.40. The van der Waals surface area contributed by atoms with E-state index in [-0.39, 0.29) is 44.7 Å². The van der Waals surface area contributed by atoms with E-state index in [1.807, 2.05) is 0 Å². The van der Waals surface area contributed by atoms with Crippen LogP contribution in [0.2, 0.25) is 5.02 Å². The lowest BCUT2D eigenvalue weighted by atomic mass is 10.1. The van der Waals surface area contributed by atoms with Crippen molar-refractivity contribution in [3.63, 3.8) is 0 Å². The minimum Gasteiger partial charge on any atom is -0.486 e. The summed E-state index contributed by atoms with van der Waals surface area (Å²) < 4.78 is 116. The smallest absolute Gasteiger partial charge is 0.486 e. The van der Waals surface area contributed by atoms with E-state index in [1.54, 1.807) is 7.05 Å². The van der Waals surface area contributed by atoms with Gasteiger partial charge in [0.15, 0.2) is 0 Å². The number of sulfonamides is 1. The molecule has 3 heterocycles. The summed E-state index contributed by atoms with van der Waals surface area (Å²) in [6.07, 6.45) is -1.33. The van der Waals surface area contributed by atoms with Crippen LogP contribution in [0.25, 0.3) is 11.4 Å². The van der Waals surface area contributed by atoms with Crippen molar-refractivity contribution < 1.29 is 49.0 Å². The van der Waals surface area contributed by atoms with Crippen LogP contribution < -0.4 is 24.4 Å². The van der Waals surface area contributed by atoms with Crippen LogP contribution in [-0.2, 0) is 23.7 Å². The molecule has 4 aromatic rings. The Labute approximate surface area is 268 Å². The Bertz CT molecular complexity index is 1950. The van der Waals surface area contributed by atoms with Crippen LogP contribution in [0, 0.1) is 5.82 Å². The number of aromatic nitrogens is 2. The molecular formula is C29H24ClF6N5O5S. The summed E-state index contributed by atoms with van der Waals surface area (Å²) >= 11 is 6.08. The quantitative estimate of drug-likeness (QED) is 0.183. The van der Waals surface area contributed by atoms with Gasteiger partial charge in [0, 0.05) is 36.1 Å². The summed E-state index contributed by atoms with van der Waals surface area (Å²) in [5.74, 6) is -5.33. The molecule has 250 valence electrons. The molecule has 2 aromatic heterocycles. The molecule has 1 amide bonds. The molecule has 1 saturated heterocycles. The summed E-state index contributed by atoms with van der Waals surface area (Å²) in [6, 6.07) is 9.38. The first-order chi connectivity index (χ1) is 21.8. The maximum atomic E-state index is 14.1. The van der Waals surface area contributed by atoms with Crippen molar-refractivity contribution in [1.82, 2.24) is 9.55 Å². The molecular weight excluding hydrogens is 680 g/mol. The van der Waals surface area contributed by atoms with E-state index in [0.717, 1.165) is 18.4 Å². The second kappa shape index (κ2) is 12.5. The number of carbonyl (C=O) groups excluding carboxylic acids is 1. The molecule has 18 heteroatoms. The van der Waals surface area contributed by atoms with Crippen LogP contribution in [0.1, 0.15) is 15.9 Å². The van der Waals surface area contributed by atoms with E-state index in [2.05, 4.69) is 19.8 Å². The van der Waals surface area contributed by atoms with Crippen molar-refractivity contribution in [2.45, 2.75) is 18.9 Å². The lowest BCUT2D eigenvalue weighted by molar-refractivity contribution is -0.274. The number of aryl methyl sites for hydroxylation is 1. The number of alkyl halides is 5. The van der Waals surface area contributed by atoms with Gasteiger partial charge in [-0.15, -0.1) is 13.2 Å². The van der Waals surface area contributed by atoms with Crippen molar-refractivity contribution in [2.24, 2.45) is 7.05 Å². The third kappa shape index (κ3) is 8.79. The molecule has 2 N–H and O–H groups in total.